The Morgan fingerprint density at radius 1 is 1.20 bits per heavy atom. The van der Waals surface area contributed by atoms with Crippen LogP contribution in [-0.2, 0) is 4.79 Å². The fourth-order valence-corrected chi connectivity index (χ4v) is 1.95. The number of carbonyl (C=O) groups is 2. The lowest BCUT2D eigenvalue weighted by Crippen LogP contribution is -2.37. The van der Waals surface area contributed by atoms with Crippen molar-refractivity contribution in [2.75, 3.05) is 13.1 Å². The molecule has 0 aromatic rings. The molecule has 0 aromatic carbocycles. The molecule has 5 heteroatoms. The molecule has 0 aromatic heterocycles. The summed E-state index contributed by atoms with van der Waals surface area (Å²) in [6.07, 6.45) is 8.18. The number of terminal acetylenes is 1. The molecule has 0 saturated heterocycles. The van der Waals surface area contributed by atoms with Crippen molar-refractivity contribution in [1.29, 1.82) is 0 Å². The molecule has 3 N–H and O–H groups in total. The van der Waals surface area contributed by atoms with Crippen LogP contribution in [0.15, 0.2) is 0 Å². The second-order valence-electron chi connectivity index (χ2n) is 5.22. The maximum atomic E-state index is 11.5. The van der Waals surface area contributed by atoms with Crippen molar-refractivity contribution < 1.29 is 14.7 Å². The zero-order valence-electron chi connectivity index (χ0n) is 12.4. The van der Waals surface area contributed by atoms with E-state index < -0.39 is 5.97 Å². The molecule has 0 saturated carbocycles. The van der Waals surface area contributed by atoms with Crippen molar-refractivity contribution in [3.8, 4) is 12.3 Å². The fourth-order valence-electron chi connectivity index (χ4n) is 1.95. The normalized spacial score (nSPS) is 11.7. The summed E-state index contributed by atoms with van der Waals surface area (Å²) >= 11 is 0. The second-order valence-corrected chi connectivity index (χ2v) is 5.22. The van der Waals surface area contributed by atoms with E-state index in [0.717, 1.165) is 12.8 Å². The standard InChI is InChI=1S/C15H26N2O3/c1-4-5-6-10-16-15(20)17-11-9-13(12(2)3)7-8-14(18)19/h1,12-13H,5-11H2,2-3H3,(H,18,19)(H2,16,17,20). The SMILES string of the molecule is C#CCCCNC(=O)NCCC(CCC(=O)O)C(C)C. The van der Waals surface area contributed by atoms with Gasteiger partial charge in [-0.25, -0.2) is 4.79 Å². The second kappa shape index (κ2) is 11.2. The average Bonchev–Trinajstić information content (AvgIpc) is 2.38. The van der Waals surface area contributed by atoms with E-state index in [0.29, 0.717) is 37.8 Å². The van der Waals surface area contributed by atoms with Gasteiger partial charge in [0, 0.05) is 25.9 Å². The summed E-state index contributed by atoms with van der Waals surface area (Å²) in [6, 6.07) is -0.192. The van der Waals surface area contributed by atoms with Crippen LogP contribution in [0, 0.1) is 24.2 Å². The molecule has 5 nitrogen and oxygen atoms in total. The zero-order valence-corrected chi connectivity index (χ0v) is 12.4. The average molecular weight is 282 g/mol. The van der Waals surface area contributed by atoms with E-state index >= 15 is 0 Å². The molecule has 0 bridgehead atoms. The third-order valence-corrected chi connectivity index (χ3v) is 3.26. The topological polar surface area (TPSA) is 78.4 Å². The molecule has 0 aliphatic rings. The molecule has 0 rings (SSSR count). The van der Waals surface area contributed by atoms with E-state index in [-0.39, 0.29) is 12.5 Å². The molecule has 2 amide bonds. The molecule has 114 valence electrons. The third kappa shape index (κ3) is 10.2. The van der Waals surface area contributed by atoms with Crippen LogP contribution in [0.25, 0.3) is 0 Å². The van der Waals surface area contributed by atoms with Gasteiger partial charge >= 0.3 is 12.0 Å². The van der Waals surface area contributed by atoms with E-state index in [9.17, 15) is 9.59 Å². The number of aliphatic carboxylic acids is 1. The zero-order chi connectivity index (χ0) is 15.4. The molecule has 0 radical (unpaired) electrons. The number of amides is 2. The Bertz CT molecular complexity index is 335. The minimum Gasteiger partial charge on any atom is -0.481 e. The van der Waals surface area contributed by atoms with Gasteiger partial charge in [-0.2, -0.15) is 0 Å². The van der Waals surface area contributed by atoms with E-state index in [1.165, 1.54) is 0 Å². The Labute approximate surface area is 121 Å². The van der Waals surface area contributed by atoms with Crippen molar-refractivity contribution in [2.45, 2.75) is 46.0 Å². The Morgan fingerprint density at radius 3 is 2.40 bits per heavy atom. The van der Waals surface area contributed by atoms with Gasteiger partial charge in [0.1, 0.15) is 0 Å². The number of unbranched alkanes of at least 4 members (excludes halogenated alkanes) is 1. The first kappa shape index (κ1) is 18.3. The molecule has 0 heterocycles. The van der Waals surface area contributed by atoms with Crippen molar-refractivity contribution in [3.05, 3.63) is 0 Å². The number of carboxylic acid groups (broad SMARTS) is 1. The highest BCUT2D eigenvalue weighted by atomic mass is 16.4. The van der Waals surface area contributed by atoms with Gasteiger partial charge in [-0.05, 0) is 31.1 Å². The highest BCUT2D eigenvalue weighted by Gasteiger charge is 2.15. The van der Waals surface area contributed by atoms with E-state index in [1.807, 2.05) is 0 Å². The Balaban J connectivity index is 3.79. The lowest BCUT2D eigenvalue weighted by molar-refractivity contribution is -0.137. The van der Waals surface area contributed by atoms with Gasteiger partial charge in [0.2, 0.25) is 0 Å². The number of urea groups is 1. The molecular formula is C15H26N2O3. The maximum absolute atomic E-state index is 11.5. The van der Waals surface area contributed by atoms with Gasteiger partial charge in [-0.3, -0.25) is 4.79 Å². The van der Waals surface area contributed by atoms with Crippen LogP contribution in [0.3, 0.4) is 0 Å². The molecule has 0 fully saturated rings. The highest BCUT2D eigenvalue weighted by molar-refractivity contribution is 5.73. The molecule has 0 aliphatic heterocycles. The lowest BCUT2D eigenvalue weighted by atomic mass is 9.88. The van der Waals surface area contributed by atoms with Crippen LogP contribution >= 0.6 is 0 Å². The Hall–Kier alpha value is -1.70. The summed E-state index contributed by atoms with van der Waals surface area (Å²) in [4.78, 5) is 22.0. The van der Waals surface area contributed by atoms with Gasteiger partial charge in [0.25, 0.3) is 0 Å². The molecular weight excluding hydrogens is 256 g/mol. The van der Waals surface area contributed by atoms with Crippen LogP contribution in [0.2, 0.25) is 0 Å². The predicted molar refractivity (Wildman–Crippen MR) is 79.3 cm³/mol. The summed E-state index contributed by atoms with van der Waals surface area (Å²) in [6.45, 7) is 5.28. The lowest BCUT2D eigenvalue weighted by Gasteiger charge is -2.20. The molecule has 20 heavy (non-hydrogen) atoms. The highest BCUT2D eigenvalue weighted by Crippen LogP contribution is 2.20. The van der Waals surface area contributed by atoms with Crippen LogP contribution in [-0.4, -0.2) is 30.2 Å². The maximum Gasteiger partial charge on any atom is 0.314 e. The predicted octanol–water partition coefficient (Wildman–Crippen LogP) is 2.23. The van der Waals surface area contributed by atoms with E-state index in [4.69, 9.17) is 11.5 Å². The van der Waals surface area contributed by atoms with Gasteiger partial charge in [0.05, 0.1) is 0 Å². The largest absolute Gasteiger partial charge is 0.481 e. The van der Waals surface area contributed by atoms with E-state index in [1.54, 1.807) is 0 Å². The first-order valence-electron chi connectivity index (χ1n) is 7.14. The summed E-state index contributed by atoms with van der Waals surface area (Å²) in [5, 5.41) is 14.2. The first-order chi connectivity index (χ1) is 9.47. The molecule has 1 unspecified atom stereocenters. The number of carbonyl (C=O) groups excluding carboxylic acids is 1. The number of rotatable bonds is 10. The van der Waals surface area contributed by atoms with Gasteiger partial charge in [0.15, 0.2) is 0 Å². The van der Waals surface area contributed by atoms with Crippen molar-refractivity contribution in [3.63, 3.8) is 0 Å². The number of carboxylic acids is 1. The summed E-state index contributed by atoms with van der Waals surface area (Å²) in [5.74, 6) is 2.47. The van der Waals surface area contributed by atoms with Crippen LogP contribution in [0.4, 0.5) is 4.79 Å². The van der Waals surface area contributed by atoms with Gasteiger partial charge in [-0.15, -0.1) is 12.3 Å². The summed E-state index contributed by atoms with van der Waals surface area (Å²) in [7, 11) is 0. The number of hydrogen-bond acceptors (Lipinski definition) is 2. The smallest absolute Gasteiger partial charge is 0.314 e. The Kier molecular flexibility index (Phi) is 10.2. The number of nitrogens with one attached hydrogen (secondary N) is 2. The quantitative estimate of drug-likeness (QED) is 0.424. The van der Waals surface area contributed by atoms with Crippen LogP contribution < -0.4 is 10.6 Å². The van der Waals surface area contributed by atoms with Crippen molar-refractivity contribution in [1.82, 2.24) is 10.6 Å². The minimum absolute atomic E-state index is 0.182. The molecule has 0 spiro atoms. The summed E-state index contributed by atoms with van der Waals surface area (Å²) < 4.78 is 0. The van der Waals surface area contributed by atoms with Crippen molar-refractivity contribution in [2.24, 2.45) is 11.8 Å². The summed E-state index contributed by atoms with van der Waals surface area (Å²) in [5.41, 5.74) is 0. The minimum atomic E-state index is -0.769. The fraction of sp³-hybridized carbons (Fsp3) is 0.733. The van der Waals surface area contributed by atoms with E-state index in [2.05, 4.69) is 30.4 Å². The van der Waals surface area contributed by atoms with Gasteiger partial charge in [-0.1, -0.05) is 13.8 Å². The molecule has 0 aliphatic carbocycles. The van der Waals surface area contributed by atoms with Crippen LogP contribution in [0.5, 0.6) is 0 Å². The van der Waals surface area contributed by atoms with Crippen molar-refractivity contribution >= 4 is 12.0 Å². The monoisotopic (exact) mass is 282 g/mol. The Morgan fingerprint density at radius 2 is 1.85 bits per heavy atom. The molecule has 1 atom stereocenters. The third-order valence-electron chi connectivity index (χ3n) is 3.26. The van der Waals surface area contributed by atoms with Crippen LogP contribution in [0.1, 0.15) is 46.0 Å². The van der Waals surface area contributed by atoms with Gasteiger partial charge < -0.3 is 15.7 Å². The first-order valence-corrected chi connectivity index (χ1v) is 7.14. The number of hydrogen-bond donors (Lipinski definition) is 3.